The molecule has 0 aliphatic heterocycles. The van der Waals surface area contributed by atoms with Crippen molar-refractivity contribution in [3.8, 4) is 0 Å². The van der Waals surface area contributed by atoms with Gasteiger partial charge < -0.3 is 15.4 Å². The second kappa shape index (κ2) is 5.03. The lowest BCUT2D eigenvalue weighted by molar-refractivity contribution is -0.149. The summed E-state index contributed by atoms with van der Waals surface area (Å²) in [4.78, 5) is 29.7. The van der Waals surface area contributed by atoms with Gasteiger partial charge in [0, 0.05) is 18.0 Å². The topological polar surface area (TPSA) is 95.1 Å². The van der Waals surface area contributed by atoms with Crippen molar-refractivity contribution in [2.45, 2.75) is 46.6 Å². The van der Waals surface area contributed by atoms with Crippen LogP contribution in [0.2, 0.25) is 0 Å². The van der Waals surface area contributed by atoms with E-state index in [1.807, 2.05) is 6.92 Å². The van der Waals surface area contributed by atoms with E-state index >= 15 is 0 Å². The molecule has 0 aliphatic rings. The van der Waals surface area contributed by atoms with E-state index < -0.39 is 16.9 Å². The second-order valence-corrected chi connectivity index (χ2v) is 5.61. The number of H-pyrrole nitrogens is 1. The molecule has 0 aliphatic carbocycles. The van der Waals surface area contributed by atoms with E-state index in [2.05, 4.69) is 15.3 Å². The summed E-state index contributed by atoms with van der Waals surface area (Å²) in [6.45, 7) is 8.70. The zero-order valence-electron chi connectivity index (χ0n) is 12.0. The van der Waals surface area contributed by atoms with Gasteiger partial charge in [0.25, 0.3) is 5.56 Å². The van der Waals surface area contributed by atoms with Gasteiger partial charge >= 0.3 is 5.97 Å². The monoisotopic (exact) mass is 267 g/mol. The van der Waals surface area contributed by atoms with Crippen molar-refractivity contribution in [3.05, 3.63) is 22.2 Å². The number of carboxylic acids is 1. The quantitative estimate of drug-likeness (QED) is 0.753. The molecule has 1 rings (SSSR count). The zero-order chi connectivity index (χ0) is 14.8. The lowest BCUT2D eigenvalue weighted by atomic mass is 9.74. The summed E-state index contributed by atoms with van der Waals surface area (Å²) < 4.78 is 0. The molecule has 0 saturated carbocycles. The molecule has 19 heavy (non-hydrogen) atoms. The molecule has 0 radical (unpaired) electrons. The summed E-state index contributed by atoms with van der Waals surface area (Å²) >= 11 is 0. The number of carboxylic acid groups (broad SMARTS) is 1. The van der Waals surface area contributed by atoms with Crippen molar-refractivity contribution in [3.63, 3.8) is 0 Å². The second-order valence-electron chi connectivity index (χ2n) is 5.61. The van der Waals surface area contributed by atoms with E-state index in [4.69, 9.17) is 0 Å². The van der Waals surface area contributed by atoms with Crippen LogP contribution in [-0.4, -0.2) is 26.6 Å². The molecule has 3 N–H and O–H groups in total. The fourth-order valence-electron chi connectivity index (χ4n) is 1.48. The fourth-order valence-corrected chi connectivity index (χ4v) is 1.48. The third kappa shape index (κ3) is 3.13. The van der Waals surface area contributed by atoms with E-state index in [0.29, 0.717) is 18.1 Å². The summed E-state index contributed by atoms with van der Waals surface area (Å²) in [5, 5.41) is 12.3. The van der Waals surface area contributed by atoms with Gasteiger partial charge in [-0.3, -0.25) is 9.59 Å². The summed E-state index contributed by atoms with van der Waals surface area (Å²) in [5.41, 5.74) is -2.02. The van der Waals surface area contributed by atoms with Gasteiger partial charge in [0.2, 0.25) is 0 Å². The highest BCUT2D eigenvalue weighted by Crippen LogP contribution is 2.33. The van der Waals surface area contributed by atoms with E-state index in [1.54, 1.807) is 27.7 Å². The predicted molar refractivity (Wildman–Crippen MR) is 73.4 cm³/mol. The number of nitrogens with one attached hydrogen (secondary N) is 2. The Kier molecular flexibility index (Phi) is 4.03. The number of nitrogens with zero attached hydrogens (tertiary/aromatic N) is 1. The molecule has 1 aromatic rings. The molecule has 1 aromatic heterocycles. The Morgan fingerprint density at radius 2 is 2.00 bits per heavy atom. The highest BCUT2D eigenvalue weighted by atomic mass is 16.4. The lowest BCUT2D eigenvalue weighted by Gasteiger charge is -2.39. The van der Waals surface area contributed by atoms with Crippen LogP contribution >= 0.6 is 0 Å². The number of rotatable bonds is 5. The van der Waals surface area contributed by atoms with Crippen molar-refractivity contribution in [2.24, 2.45) is 5.41 Å². The SMILES string of the molecule is CCc1nc(NC(C)(C)C(C)(C)C(=O)O)cc(=O)[nH]1. The minimum absolute atomic E-state index is 0.252. The zero-order valence-corrected chi connectivity index (χ0v) is 12.0. The number of aromatic nitrogens is 2. The Bertz CT molecular complexity index is 532. The average Bonchev–Trinajstić information content (AvgIpc) is 2.26. The maximum atomic E-state index is 11.5. The normalized spacial score (nSPS) is 12.3. The Labute approximate surface area is 112 Å². The minimum atomic E-state index is -1.01. The summed E-state index contributed by atoms with van der Waals surface area (Å²) in [6.07, 6.45) is 0.605. The van der Waals surface area contributed by atoms with Crippen molar-refractivity contribution in [1.29, 1.82) is 0 Å². The molecular formula is C13H21N3O3. The van der Waals surface area contributed by atoms with Crippen LogP contribution in [0.1, 0.15) is 40.4 Å². The maximum absolute atomic E-state index is 11.5. The molecule has 0 aromatic carbocycles. The van der Waals surface area contributed by atoms with Crippen LogP contribution in [0.3, 0.4) is 0 Å². The molecule has 6 nitrogen and oxygen atoms in total. The van der Waals surface area contributed by atoms with Gasteiger partial charge in [0.1, 0.15) is 11.6 Å². The Morgan fingerprint density at radius 3 is 2.47 bits per heavy atom. The van der Waals surface area contributed by atoms with E-state index in [1.165, 1.54) is 6.07 Å². The molecule has 0 saturated heterocycles. The van der Waals surface area contributed by atoms with Gasteiger partial charge in [0.15, 0.2) is 0 Å². The molecule has 0 amide bonds. The first-order chi connectivity index (χ1) is 8.60. The number of hydrogen-bond donors (Lipinski definition) is 3. The molecule has 0 atom stereocenters. The van der Waals surface area contributed by atoms with Gasteiger partial charge in [-0.15, -0.1) is 0 Å². The average molecular weight is 267 g/mol. The number of hydrogen-bond acceptors (Lipinski definition) is 4. The molecule has 1 heterocycles. The first-order valence-corrected chi connectivity index (χ1v) is 6.22. The Morgan fingerprint density at radius 1 is 1.42 bits per heavy atom. The smallest absolute Gasteiger partial charge is 0.311 e. The first-order valence-electron chi connectivity index (χ1n) is 6.22. The third-order valence-electron chi connectivity index (χ3n) is 3.66. The predicted octanol–water partition coefficient (Wildman–Crippen LogP) is 1.63. The largest absolute Gasteiger partial charge is 0.481 e. The van der Waals surface area contributed by atoms with E-state index in [-0.39, 0.29) is 5.56 Å². The van der Waals surface area contributed by atoms with Crippen molar-refractivity contribution >= 4 is 11.8 Å². The van der Waals surface area contributed by atoms with E-state index in [9.17, 15) is 14.7 Å². The van der Waals surface area contributed by atoms with Crippen LogP contribution < -0.4 is 10.9 Å². The van der Waals surface area contributed by atoms with Gasteiger partial charge in [0.05, 0.1) is 5.41 Å². The molecule has 0 fully saturated rings. The van der Waals surface area contributed by atoms with Crippen LogP contribution in [0.15, 0.2) is 10.9 Å². The van der Waals surface area contributed by atoms with Crippen LogP contribution in [0.4, 0.5) is 5.82 Å². The summed E-state index contributed by atoms with van der Waals surface area (Å²) in [6, 6.07) is 1.33. The van der Waals surface area contributed by atoms with Crippen molar-refractivity contribution in [2.75, 3.05) is 5.32 Å². The summed E-state index contributed by atoms with van der Waals surface area (Å²) in [5.74, 6) is 0.0458. The van der Waals surface area contributed by atoms with Gasteiger partial charge in [-0.2, -0.15) is 0 Å². The number of carbonyl (C=O) groups is 1. The van der Waals surface area contributed by atoms with Crippen molar-refractivity contribution in [1.82, 2.24) is 9.97 Å². The fraction of sp³-hybridized carbons (Fsp3) is 0.615. The third-order valence-corrected chi connectivity index (χ3v) is 3.66. The highest BCUT2D eigenvalue weighted by molar-refractivity contribution is 5.76. The van der Waals surface area contributed by atoms with Crippen LogP contribution in [0, 0.1) is 5.41 Å². The van der Waals surface area contributed by atoms with Crippen molar-refractivity contribution < 1.29 is 9.90 Å². The molecule has 6 heteroatoms. The number of aliphatic carboxylic acids is 1. The standard InChI is InChI=1S/C13H21N3O3/c1-6-8-14-9(7-10(17)15-8)16-13(4,5)12(2,3)11(18)19/h7H,6H2,1-5H3,(H,18,19)(H2,14,15,16,17). The molecule has 0 unspecified atom stereocenters. The highest BCUT2D eigenvalue weighted by Gasteiger charge is 2.43. The van der Waals surface area contributed by atoms with Gasteiger partial charge in [-0.1, -0.05) is 6.92 Å². The van der Waals surface area contributed by atoms with Gasteiger partial charge in [-0.05, 0) is 27.7 Å². The Hall–Kier alpha value is -1.85. The molecule has 0 spiro atoms. The molecular weight excluding hydrogens is 246 g/mol. The number of anilines is 1. The van der Waals surface area contributed by atoms with Crippen LogP contribution in [-0.2, 0) is 11.2 Å². The lowest BCUT2D eigenvalue weighted by Crippen LogP contribution is -2.51. The minimum Gasteiger partial charge on any atom is -0.481 e. The van der Waals surface area contributed by atoms with E-state index in [0.717, 1.165) is 0 Å². The van der Waals surface area contributed by atoms with Crippen LogP contribution in [0.5, 0.6) is 0 Å². The summed E-state index contributed by atoms with van der Waals surface area (Å²) in [7, 11) is 0. The Balaban J connectivity index is 3.11. The molecule has 106 valence electrons. The number of aryl methyl sites for hydroxylation is 1. The maximum Gasteiger partial charge on any atom is 0.311 e. The van der Waals surface area contributed by atoms with Crippen LogP contribution in [0.25, 0.3) is 0 Å². The first kappa shape index (κ1) is 15.2. The number of aromatic amines is 1. The van der Waals surface area contributed by atoms with Gasteiger partial charge in [-0.25, -0.2) is 4.98 Å². The molecule has 0 bridgehead atoms.